The summed E-state index contributed by atoms with van der Waals surface area (Å²) in [6.45, 7) is 3.09. The molecule has 0 bridgehead atoms. The predicted molar refractivity (Wildman–Crippen MR) is 89.6 cm³/mol. The molecule has 1 aromatic heterocycles. The number of aromatic nitrogens is 1. The van der Waals surface area contributed by atoms with E-state index in [1.807, 2.05) is 11.9 Å². The summed E-state index contributed by atoms with van der Waals surface area (Å²) in [4.78, 5) is 21.2. The van der Waals surface area contributed by atoms with E-state index in [1.165, 1.54) is 12.1 Å². The summed E-state index contributed by atoms with van der Waals surface area (Å²) in [6.07, 6.45) is 0. The van der Waals surface area contributed by atoms with Crippen LogP contribution in [0.1, 0.15) is 10.5 Å². The lowest BCUT2D eigenvalue weighted by molar-refractivity contribution is 0.0658. The molecule has 1 fully saturated rings. The van der Waals surface area contributed by atoms with Crippen molar-refractivity contribution in [2.75, 3.05) is 40.3 Å². The maximum absolute atomic E-state index is 13.2. The molecule has 5 nitrogen and oxygen atoms in total. The minimum Gasteiger partial charge on any atom is -0.494 e. The van der Waals surface area contributed by atoms with Gasteiger partial charge in [0.25, 0.3) is 5.91 Å². The highest BCUT2D eigenvalue weighted by molar-refractivity contribution is 5.93. The Morgan fingerprint density at radius 3 is 2.38 bits per heavy atom. The Kier molecular flexibility index (Phi) is 4.76. The van der Waals surface area contributed by atoms with Crippen LogP contribution in [0.3, 0.4) is 0 Å². The highest BCUT2D eigenvalue weighted by Gasteiger charge is 2.22. The van der Waals surface area contributed by atoms with Gasteiger partial charge in [0.05, 0.1) is 7.11 Å². The third-order valence-electron chi connectivity index (χ3n) is 4.21. The first-order valence-electron chi connectivity index (χ1n) is 7.87. The quantitative estimate of drug-likeness (QED) is 0.867. The fraction of sp³-hybridized carbons (Fsp3) is 0.333. The van der Waals surface area contributed by atoms with Gasteiger partial charge in [0.2, 0.25) is 0 Å². The van der Waals surface area contributed by atoms with E-state index in [9.17, 15) is 9.18 Å². The van der Waals surface area contributed by atoms with Crippen LogP contribution in [0, 0.1) is 5.82 Å². The maximum Gasteiger partial charge on any atom is 0.272 e. The molecule has 6 heteroatoms. The summed E-state index contributed by atoms with van der Waals surface area (Å²) in [5.41, 5.74) is 1.62. The fourth-order valence-corrected chi connectivity index (χ4v) is 2.72. The lowest BCUT2D eigenvalue weighted by Crippen LogP contribution is -2.47. The molecule has 0 N–H and O–H groups in total. The molecule has 1 saturated heterocycles. The number of carbonyl (C=O) groups is 1. The van der Waals surface area contributed by atoms with Gasteiger partial charge in [0.15, 0.2) is 0 Å². The SMILES string of the molecule is COc1ccc(C(=O)N2CCN(C)CC2)nc1-c1ccc(F)cc1. The second-order valence-electron chi connectivity index (χ2n) is 5.85. The third-order valence-corrected chi connectivity index (χ3v) is 4.21. The molecule has 0 radical (unpaired) electrons. The van der Waals surface area contributed by atoms with E-state index in [0.29, 0.717) is 35.8 Å². The van der Waals surface area contributed by atoms with E-state index < -0.39 is 0 Å². The van der Waals surface area contributed by atoms with Crippen LogP contribution in [0.25, 0.3) is 11.3 Å². The number of ether oxygens (including phenoxy) is 1. The number of rotatable bonds is 3. The second kappa shape index (κ2) is 6.97. The van der Waals surface area contributed by atoms with E-state index in [-0.39, 0.29) is 11.7 Å². The summed E-state index contributed by atoms with van der Waals surface area (Å²) >= 11 is 0. The average Bonchev–Trinajstić information content (AvgIpc) is 2.62. The molecule has 1 aliphatic rings. The van der Waals surface area contributed by atoms with Crippen molar-refractivity contribution in [2.45, 2.75) is 0 Å². The standard InChI is InChI=1S/C18H20FN3O2/c1-21-9-11-22(12-10-21)18(23)15-7-8-16(24-2)17(20-15)13-3-5-14(19)6-4-13/h3-8H,9-12H2,1-2H3. The average molecular weight is 329 g/mol. The summed E-state index contributed by atoms with van der Waals surface area (Å²) in [5, 5.41) is 0. The lowest BCUT2D eigenvalue weighted by Gasteiger charge is -2.32. The van der Waals surface area contributed by atoms with Crippen LogP contribution < -0.4 is 4.74 Å². The van der Waals surface area contributed by atoms with Crippen LogP contribution in [0.15, 0.2) is 36.4 Å². The van der Waals surface area contributed by atoms with Crippen molar-refractivity contribution in [1.29, 1.82) is 0 Å². The fourth-order valence-electron chi connectivity index (χ4n) is 2.72. The molecule has 0 atom stereocenters. The first-order chi connectivity index (χ1) is 11.6. The van der Waals surface area contributed by atoms with E-state index in [4.69, 9.17) is 4.74 Å². The predicted octanol–water partition coefficient (Wildman–Crippen LogP) is 2.28. The molecule has 1 aliphatic heterocycles. The number of hydrogen-bond donors (Lipinski definition) is 0. The van der Waals surface area contributed by atoms with Gasteiger partial charge in [-0.2, -0.15) is 0 Å². The molecule has 1 aromatic carbocycles. The van der Waals surface area contributed by atoms with E-state index in [0.717, 1.165) is 13.1 Å². The number of carbonyl (C=O) groups excluding carboxylic acids is 1. The van der Waals surface area contributed by atoms with Crippen molar-refractivity contribution in [3.8, 4) is 17.0 Å². The molecule has 1 amide bonds. The molecule has 2 heterocycles. The Balaban J connectivity index is 1.91. The van der Waals surface area contributed by atoms with Gasteiger partial charge in [-0.15, -0.1) is 0 Å². The number of likely N-dealkylation sites (N-methyl/N-ethyl adjacent to an activating group) is 1. The number of benzene rings is 1. The Hall–Kier alpha value is -2.47. The Morgan fingerprint density at radius 1 is 1.08 bits per heavy atom. The Morgan fingerprint density at radius 2 is 1.75 bits per heavy atom. The molecule has 0 unspecified atom stereocenters. The van der Waals surface area contributed by atoms with Crippen LogP contribution in [-0.4, -0.2) is 61.0 Å². The number of pyridine rings is 1. The van der Waals surface area contributed by atoms with Crippen LogP contribution in [0.5, 0.6) is 5.75 Å². The van der Waals surface area contributed by atoms with Gasteiger partial charge in [-0.05, 0) is 43.4 Å². The molecule has 3 rings (SSSR count). The number of halogens is 1. The zero-order valence-electron chi connectivity index (χ0n) is 13.8. The number of amides is 1. The highest BCUT2D eigenvalue weighted by atomic mass is 19.1. The molecule has 0 saturated carbocycles. The van der Waals surface area contributed by atoms with Gasteiger partial charge in [-0.3, -0.25) is 4.79 Å². The van der Waals surface area contributed by atoms with Gasteiger partial charge >= 0.3 is 0 Å². The molecule has 0 aliphatic carbocycles. The van der Waals surface area contributed by atoms with E-state index in [2.05, 4.69) is 9.88 Å². The molecular formula is C18H20FN3O2. The first kappa shape index (κ1) is 16.4. The van der Waals surface area contributed by atoms with Crippen molar-refractivity contribution >= 4 is 5.91 Å². The summed E-state index contributed by atoms with van der Waals surface area (Å²) in [7, 11) is 3.59. The number of piperazine rings is 1. The molecule has 0 spiro atoms. The van der Waals surface area contributed by atoms with Gasteiger partial charge in [0, 0.05) is 31.7 Å². The van der Waals surface area contributed by atoms with Crippen molar-refractivity contribution in [3.05, 3.63) is 47.9 Å². The zero-order valence-corrected chi connectivity index (χ0v) is 13.8. The summed E-state index contributed by atoms with van der Waals surface area (Å²) < 4.78 is 18.5. The van der Waals surface area contributed by atoms with Gasteiger partial charge in [0.1, 0.15) is 23.0 Å². The van der Waals surface area contributed by atoms with Crippen molar-refractivity contribution in [2.24, 2.45) is 0 Å². The van der Waals surface area contributed by atoms with Crippen LogP contribution >= 0.6 is 0 Å². The van der Waals surface area contributed by atoms with Crippen molar-refractivity contribution in [3.63, 3.8) is 0 Å². The summed E-state index contributed by atoms with van der Waals surface area (Å²) in [5.74, 6) is 0.146. The van der Waals surface area contributed by atoms with Gasteiger partial charge in [-0.25, -0.2) is 9.37 Å². The Labute approximate surface area is 140 Å². The smallest absolute Gasteiger partial charge is 0.272 e. The number of nitrogens with zero attached hydrogens (tertiary/aromatic N) is 3. The minimum absolute atomic E-state index is 0.0888. The normalized spacial score (nSPS) is 15.4. The molecule has 24 heavy (non-hydrogen) atoms. The minimum atomic E-state index is -0.317. The highest BCUT2D eigenvalue weighted by Crippen LogP contribution is 2.28. The molecular weight excluding hydrogens is 309 g/mol. The van der Waals surface area contributed by atoms with Crippen LogP contribution in [0.4, 0.5) is 4.39 Å². The number of methoxy groups -OCH3 is 1. The third kappa shape index (κ3) is 3.38. The monoisotopic (exact) mass is 329 g/mol. The van der Waals surface area contributed by atoms with E-state index in [1.54, 1.807) is 31.4 Å². The topological polar surface area (TPSA) is 45.7 Å². The molecule has 2 aromatic rings. The van der Waals surface area contributed by atoms with Crippen LogP contribution in [-0.2, 0) is 0 Å². The maximum atomic E-state index is 13.2. The Bertz CT molecular complexity index is 726. The van der Waals surface area contributed by atoms with Gasteiger partial charge in [-0.1, -0.05) is 0 Å². The van der Waals surface area contributed by atoms with E-state index >= 15 is 0 Å². The van der Waals surface area contributed by atoms with Gasteiger partial charge < -0.3 is 14.5 Å². The van der Waals surface area contributed by atoms with Crippen molar-refractivity contribution in [1.82, 2.24) is 14.8 Å². The zero-order chi connectivity index (χ0) is 17.1. The molecule has 126 valence electrons. The summed E-state index contributed by atoms with van der Waals surface area (Å²) in [6, 6.07) is 9.40. The second-order valence-corrected chi connectivity index (χ2v) is 5.85. The van der Waals surface area contributed by atoms with Crippen molar-refractivity contribution < 1.29 is 13.9 Å². The first-order valence-corrected chi connectivity index (χ1v) is 7.87. The largest absolute Gasteiger partial charge is 0.494 e. The number of hydrogen-bond acceptors (Lipinski definition) is 4. The van der Waals surface area contributed by atoms with Crippen LogP contribution in [0.2, 0.25) is 0 Å². The lowest BCUT2D eigenvalue weighted by atomic mass is 10.1.